The van der Waals surface area contributed by atoms with Crippen LogP contribution in [-0.4, -0.2) is 4.92 Å². The van der Waals surface area contributed by atoms with Crippen molar-refractivity contribution in [3.05, 3.63) is 43.9 Å². The van der Waals surface area contributed by atoms with Crippen molar-refractivity contribution < 1.29 is 4.92 Å². The quantitative estimate of drug-likeness (QED) is 0.459. The van der Waals surface area contributed by atoms with Crippen molar-refractivity contribution in [1.82, 2.24) is 0 Å². The number of allylic oxidation sites excluding steroid dienone is 1. The molecule has 0 amide bonds. The molecule has 0 fully saturated rings. The number of hydrogen-bond acceptors (Lipinski definition) is 3. The summed E-state index contributed by atoms with van der Waals surface area (Å²) in [5.41, 5.74) is 0.848. The first-order valence-electron chi connectivity index (χ1n) is 5.23. The van der Waals surface area contributed by atoms with Crippen LogP contribution < -0.4 is 0 Å². The van der Waals surface area contributed by atoms with Crippen LogP contribution in [0.4, 0.5) is 5.69 Å². The molecule has 0 spiro atoms. The molecule has 0 saturated heterocycles. The molecule has 0 saturated carbocycles. The first-order valence-corrected chi connectivity index (χ1v) is 6.40. The van der Waals surface area contributed by atoms with Crippen LogP contribution in [0.1, 0.15) is 25.3 Å². The highest BCUT2D eigenvalue weighted by Gasteiger charge is 2.13. The molecule has 1 aromatic carbocycles. The SMILES string of the molecule is CCC/C(C#N)=C(/Cl)c1cc(Br)cc([N+](=O)[O-])c1. The first-order chi connectivity index (χ1) is 8.49. The first kappa shape index (κ1) is 14.7. The van der Waals surface area contributed by atoms with Gasteiger partial charge in [0.15, 0.2) is 0 Å². The number of nitriles is 1. The van der Waals surface area contributed by atoms with E-state index < -0.39 is 4.92 Å². The van der Waals surface area contributed by atoms with E-state index in [1.54, 1.807) is 6.07 Å². The van der Waals surface area contributed by atoms with Crippen molar-refractivity contribution >= 4 is 38.3 Å². The third kappa shape index (κ3) is 3.56. The molecule has 0 heterocycles. The molecule has 0 aromatic heterocycles. The fourth-order valence-corrected chi connectivity index (χ4v) is 2.17. The highest BCUT2D eigenvalue weighted by molar-refractivity contribution is 9.10. The fraction of sp³-hybridized carbons (Fsp3) is 0.250. The second-order valence-corrected chi connectivity index (χ2v) is 4.90. The molecule has 0 aliphatic rings. The van der Waals surface area contributed by atoms with Gasteiger partial charge in [-0.2, -0.15) is 5.26 Å². The van der Waals surface area contributed by atoms with E-state index in [4.69, 9.17) is 16.9 Å². The van der Waals surface area contributed by atoms with E-state index in [1.165, 1.54) is 12.1 Å². The Morgan fingerprint density at radius 1 is 1.56 bits per heavy atom. The Morgan fingerprint density at radius 3 is 2.72 bits per heavy atom. The molecular weight excluding hydrogens is 320 g/mol. The number of nitrogens with zero attached hydrogens (tertiary/aromatic N) is 2. The summed E-state index contributed by atoms with van der Waals surface area (Å²) in [6, 6.07) is 6.44. The summed E-state index contributed by atoms with van der Waals surface area (Å²) in [5, 5.41) is 20.0. The Labute approximate surface area is 118 Å². The summed E-state index contributed by atoms with van der Waals surface area (Å²) in [4.78, 5) is 10.3. The number of halogens is 2. The highest BCUT2D eigenvalue weighted by Crippen LogP contribution is 2.31. The van der Waals surface area contributed by atoms with Crippen LogP contribution in [0.3, 0.4) is 0 Å². The van der Waals surface area contributed by atoms with Gasteiger partial charge < -0.3 is 0 Å². The third-order valence-corrected chi connectivity index (χ3v) is 3.15. The number of non-ortho nitro benzene ring substituents is 1. The van der Waals surface area contributed by atoms with Crippen LogP contribution >= 0.6 is 27.5 Å². The molecule has 4 nitrogen and oxygen atoms in total. The molecule has 1 rings (SSSR count). The Balaban J connectivity index is 3.33. The van der Waals surface area contributed by atoms with Gasteiger partial charge in [0, 0.05) is 27.7 Å². The summed E-state index contributed by atoms with van der Waals surface area (Å²) in [6.07, 6.45) is 1.34. The van der Waals surface area contributed by atoms with Gasteiger partial charge in [-0.05, 0) is 12.5 Å². The molecule has 0 aliphatic carbocycles. The lowest BCUT2D eigenvalue weighted by atomic mass is 10.1. The fourth-order valence-electron chi connectivity index (χ4n) is 1.45. The van der Waals surface area contributed by atoms with E-state index in [2.05, 4.69) is 15.9 Å². The van der Waals surface area contributed by atoms with Crippen LogP contribution in [-0.2, 0) is 0 Å². The minimum atomic E-state index is -0.496. The van der Waals surface area contributed by atoms with E-state index in [1.807, 2.05) is 13.0 Å². The maximum atomic E-state index is 10.8. The van der Waals surface area contributed by atoms with Gasteiger partial charge in [-0.3, -0.25) is 10.1 Å². The maximum Gasteiger partial charge on any atom is 0.271 e. The molecule has 0 N–H and O–H groups in total. The highest BCUT2D eigenvalue weighted by atomic mass is 79.9. The van der Waals surface area contributed by atoms with Gasteiger partial charge >= 0.3 is 0 Å². The van der Waals surface area contributed by atoms with E-state index in [0.29, 0.717) is 22.0 Å². The van der Waals surface area contributed by atoms with Gasteiger partial charge in [0.25, 0.3) is 5.69 Å². The molecule has 0 unspecified atom stereocenters. The standard InChI is InChI=1S/C12H10BrClN2O2/c1-2-3-8(7-15)12(14)9-4-10(13)6-11(5-9)16(17)18/h4-6H,2-3H2,1H3/b12-8-. The Bertz CT molecular complexity index is 549. The number of hydrogen-bond donors (Lipinski definition) is 0. The number of rotatable bonds is 4. The minimum absolute atomic E-state index is 0.0636. The zero-order valence-corrected chi connectivity index (χ0v) is 12.0. The van der Waals surface area contributed by atoms with E-state index in [9.17, 15) is 10.1 Å². The third-order valence-electron chi connectivity index (χ3n) is 2.25. The average Bonchev–Trinajstić information content (AvgIpc) is 2.34. The van der Waals surface area contributed by atoms with E-state index in [-0.39, 0.29) is 10.7 Å². The predicted octanol–water partition coefficient (Wildman–Crippen LogP) is 4.63. The van der Waals surface area contributed by atoms with E-state index in [0.717, 1.165) is 6.42 Å². The van der Waals surface area contributed by atoms with E-state index >= 15 is 0 Å². The largest absolute Gasteiger partial charge is 0.271 e. The second-order valence-electron chi connectivity index (χ2n) is 3.61. The Kier molecular flexibility index (Phi) is 5.32. The topological polar surface area (TPSA) is 66.9 Å². The van der Waals surface area contributed by atoms with Crippen LogP contribution in [0, 0.1) is 21.4 Å². The normalized spacial score (nSPS) is 11.7. The van der Waals surface area contributed by atoms with Gasteiger partial charge in [-0.15, -0.1) is 0 Å². The molecule has 1 aromatic rings. The van der Waals surface area contributed by atoms with Crippen LogP contribution in [0.25, 0.3) is 5.03 Å². The molecule has 18 heavy (non-hydrogen) atoms. The molecular formula is C12H10BrClN2O2. The summed E-state index contributed by atoms with van der Waals surface area (Å²) >= 11 is 9.30. The van der Waals surface area contributed by atoms with Crippen molar-refractivity contribution in [2.24, 2.45) is 0 Å². The summed E-state index contributed by atoms with van der Waals surface area (Å²) in [7, 11) is 0. The zero-order chi connectivity index (χ0) is 13.7. The lowest BCUT2D eigenvalue weighted by Gasteiger charge is -2.04. The summed E-state index contributed by atoms with van der Waals surface area (Å²) in [5.74, 6) is 0. The van der Waals surface area contributed by atoms with Crippen molar-refractivity contribution in [1.29, 1.82) is 5.26 Å². The van der Waals surface area contributed by atoms with Gasteiger partial charge in [-0.1, -0.05) is 40.9 Å². The van der Waals surface area contributed by atoms with Gasteiger partial charge in [0.05, 0.1) is 16.0 Å². The monoisotopic (exact) mass is 328 g/mol. The molecule has 94 valence electrons. The van der Waals surface area contributed by atoms with Crippen molar-refractivity contribution in [2.45, 2.75) is 19.8 Å². The van der Waals surface area contributed by atoms with Crippen molar-refractivity contribution in [3.8, 4) is 6.07 Å². The maximum absolute atomic E-state index is 10.8. The molecule has 0 radical (unpaired) electrons. The van der Waals surface area contributed by atoms with Gasteiger partial charge in [0.2, 0.25) is 0 Å². The van der Waals surface area contributed by atoms with Gasteiger partial charge in [-0.25, -0.2) is 0 Å². The number of nitro benzene ring substituents is 1. The van der Waals surface area contributed by atoms with Crippen LogP contribution in [0.2, 0.25) is 0 Å². The lowest BCUT2D eigenvalue weighted by Crippen LogP contribution is -1.91. The predicted molar refractivity (Wildman–Crippen MR) is 74.1 cm³/mol. The Morgan fingerprint density at radius 2 is 2.22 bits per heavy atom. The smallest absolute Gasteiger partial charge is 0.258 e. The van der Waals surface area contributed by atoms with Crippen LogP contribution in [0.5, 0.6) is 0 Å². The van der Waals surface area contributed by atoms with Crippen molar-refractivity contribution in [3.63, 3.8) is 0 Å². The summed E-state index contributed by atoms with van der Waals surface area (Å²) < 4.78 is 0.554. The lowest BCUT2D eigenvalue weighted by molar-refractivity contribution is -0.384. The van der Waals surface area contributed by atoms with Crippen molar-refractivity contribution in [2.75, 3.05) is 0 Å². The number of nitro groups is 1. The summed E-state index contributed by atoms with van der Waals surface area (Å²) in [6.45, 7) is 1.94. The average molecular weight is 330 g/mol. The van der Waals surface area contributed by atoms with Gasteiger partial charge in [0.1, 0.15) is 0 Å². The minimum Gasteiger partial charge on any atom is -0.258 e. The molecule has 6 heteroatoms. The Hall–Kier alpha value is -1.38. The number of benzene rings is 1. The molecule has 0 aliphatic heterocycles. The second kappa shape index (κ2) is 6.53. The molecule has 0 bridgehead atoms. The zero-order valence-electron chi connectivity index (χ0n) is 9.61. The molecule has 0 atom stereocenters. The van der Waals surface area contributed by atoms with Crippen LogP contribution in [0.15, 0.2) is 28.2 Å².